The number of benzene rings is 2. The molecule has 0 amide bonds. The van der Waals surface area contributed by atoms with Crippen LogP contribution in [0, 0.1) is 0 Å². The van der Waals surface area contributed by atoms with Crippen molar-refractivity contribution < 1.29 is 4.79 Å². The molecule has 0 aliphatic rings. The highest BCUT2D eigenvalue weighted by molar-refractivity contribution is 6.04. The van der Waals surface area contributed by atoms with Crippen molar-refractivity contribution >= 4 is 22.7 Å². The van der Waals surface area contributed by atoms with Crippen molar-refractivity contribution in [3.63, 3.8) is 0 Å². The van der Waals surface area contributed by atoms with Crippen molar-refractivity contribution in [3.8, 4) is 0 Å². The molecule has 100 valence electrons. The Morgan fingerprint density at radius 1 is 1.16 bits per heavy atom. The van der Waals surface area contributed by atoms with Gasteiger partial charge in [-0.3, -0.25) is 4.79 Å². The normalized spacial score (nSPS) is 10.6. The van der Waals surface area contributed by atoms with Gasteiger partial charge in [0.1, 0.15) is 0 Å². The van der Waals surface area contributed by atoms with Crippen LogP contribution in [0.25, 0.3) is 10.8 Å². The molecule has 1 N–H and O–H groups in total. The Morgan fingerprint density at radius 3 is 2.58 bits per heavy atom. The Hall–Kier alpha value is -1.87. The van der Waals surface area contributed by atoms with Gasteiger partial charge in [0.25, 0.3) is 0 Å². The second kappa shape index (κ2) is 6.34. The van der Waals surface area contributed by atoms with E-state index in [1.807, 2.05) is 37.4 Å². The first-order valence-corrected chi connectivity index (χ1v) is 6.60. The maximum absolute atomic E-state index is 11.1. The maximum Gasteiger partial charge on any atom is 0.150 e. The molecule has 0 fully saturated rings. The highest BCUT2D eigenvalue weighted by atomic mass is 16.1. The standard InChI is InChI=1S/C16H20N2O/c1-17-10-5-11-18(2)16-9-8-13(12-19)14-6-3-4-7-15(14)16/h3-4,6-9,12,17H,5,10-11H2,1-2H3. The number of carbonyl (C=O) groups is 1. The molecule has 0 aliphatic carbocycles. The lowest BCUT2D eigenvalue weighted by Gasteiger charge is -2.21. The molecule has 0 saturated heterocycles. The van der Waals surface area contributed by atoms with Crippen molar-refractivity contribution in [2.75, 3.05) is 32.1 Å². The lowest BCUT2D eigenvalue weighted by atomic mass is 10.0. The van der Waals surface area contributed by atoms with E-state index in [-0.39, 0.29) is 0 Å². The predicted octanol–water partition coefficient (Wildman–Crippen LogP) is 2.70. The van der Waals surface area contributed by atoms with Crippen molar-refractivity contribution in [3.05, 3.63) is 42.0 Å². The molecule has 2 aromatic carbocycles. The van der Waals surface area contributed by atoms with Gasteiger partial charge in [0.15, 0.2) is 6.29 Å². The maximum atomic E-state index is 11.1. The third-order valence-electron chi connectivity index (χ3n) is 3.39. The van der Waals surface area contributed by atoms with Crippen LogP contribution >= 0.6 is 0 Å². The van der Waals surface area contributed by atoms with E-state index in [0.717, 1.165) is 42.1 Å². The summed E-state index contributed by atoms with van der Waals surface area (Å²) in [5.41, 5.74) is 1.93. The van der Waals surface area contributed by atoms with Gasteiger partial charge in [-0.25, -0.2) is 0 Å². The third kappa shape index (κ3) is 2.93. The van der Waals surface area contributed by atoms with Crippen LogP contribution in [-0.4, -0.2) is 33.5 Å². The Kier molecular flexibility index (Phi) is 4.53. The van der Waals surface area contributed by atoms with Gasteiger partial charge in [-0.05, 0) is 37.5 Å². The van der Waals surface area contributed by atoms with Crippen LogP contribution < -0.4 is 10.2 Å². The number of nitrogens with one attached hydrogen (secondary N) is 1. The molecular formula is C16H20N2O. The summed E-state index contributed by atoms with van der Waals surface area (Å²) in [6.07, 6.45) is 2.02. The first-order chi connectivity index (χ1) is 9.27. The fourth-order valence-corrected chi connectivity index (χ4v) is 2.36. The lowest BCUT2D eigenvalue weighted by molar-refractivity contribution is 0.112. The fourth-order valence-electron chi connectivity index (χ4n) is 2.36. The number of rotatable bonds is 6. The second-order valence-corrected chi connectivity index (χ2v) is 4.72. The molecule has 0 heterocycles. The highest BCUT2D eigenvalue weighted by Gasteiger charge is 2.08. The number of hydrogen-bond donors (Lipinski definition) is 1. The van der Waals surface area contributed by atoms with Crippen molar-refractivity contribution in [1.29, 1.82) is 0 Å². The molecule has 2 rings (SSSR count). The van der Waals surface area contributed by atoms with Crippen LogP contribution in [0.15, 0.2) is 36.4 Å². The Bertz CT molecular complexity index is 566. The molecule has 0 spiro atoms. The van der Waals surface area contributed by atoms with E-state index in [9.17, 15) is 4.79 Å². The number of hydrogen-bond acceptors (Lipinski definition) is 3. The lowest BCUT2D eigenvalue weighted by Crippen LogP contribution is -2.22. The molecule has 0 aliphatic heterocycles. The van der Waals surface area contributed by atoms with E-state index in [4.69, 9.17) is 0 Å². The van der Waals surface area contributed by atoms with E-state index in [2.05, 4.69) is 23.3 Å². The quantitative estimate of drug-likeness (QED) is 0.637. The zero-order valence-electron chi connectivity index (χ0n) is 11.5. The molecule has 0 radical (unpaired) electrons. The molecule has 0 saturated carbocycles. The van der Waals surface area contributed by atoms with Crippen LogP contribution in [0.3, 0.4) is 0 Å². The van der Waals surface area contributed by atoms with E-state index in [1.165, 1.54) is 5.69 Å². The van der Waals surface area contributed by atoms with Gasteiger partial charge in [-0.15, -0.1) is 0 Å². The zero-order valence-corrected chi connectivity index (χ0v) is 11.5. The first kappa shape index (κ1) is 13.6. The average Bonchev–Trinajstić information content (AvgIpc) is 2.46. The third-order valence-corrected chi connectivity index (χ3v) is 3.39. The number of fused-ring (bicyclic) bond motifs is 1. The van der Waals surface area contributed by atoms with Gasteiger partial charge in [-0.2, -0.15) is 0 Å². The zero-order chi connectivity index (χ0) is 13.7. The second-order valence-electron chi connectivity index (χ2n) is 4.72. The summed E-state index contributed by atoms with van der Waals surface area (Å²) < 4.78 is 0. The minimum absolute atomic E-state index is 0.753. The minimum atomic E-state index is 0.753. The monoisotopic (exact) mass is 256 g/mol. The topological polar surface area (TPSA) is 32.3 Å². The van der Waals surface area contributed by atoms with Gasteiger partial charge in [0.2, 0.25) is 0 Å². The summed E-state index contributed by atoms with van der Waals surface area (Å²) >= 11 is 0. The number of carbonyl (C=O) groups excluding carboxylic acids is 1. The molecule has 0 unspecified atom stereocenters. The van der Waals surface area contributed by atoms with Crippen LogP contribution in [0.4, 0.5) is 5.69 Å². The van der Waals surface area contributed by atoms with Crippen LogP contribution in [0.2, 0.25) is 0 Å². The van der Waals surface area contributed by atoms with Gasteiger partial charge < -0.3 is 10.2 Å². The van der Waals surface area contributed by atoms with Gasteiger partial charge in [0, 0.05) is 30.2 Å². The highest BCUT2D eigenvalue weighted by Crippen LogP contribution is 2.28. The minimum Gasteiger partial charge on any atom is -0.374 e. The van der Waals surface area contributed by atoms with Gasteiger partial charge in [0.05, 0.1) is 0 Å². The van der Waals surface area contributed by atoms with Crippen molar-refractivity contribution in [2.24, 2.45) is 0 Å². The molecule has 0 aromatic heterocycles. The number of anilines is 1. The molecule has 3 heteroatoms. The Balaban J connectivity index is 2.36. The van der Waals surface area contributed by atoms with Crippen LogP contribution in [0.1, 0.15) is 16.8 Å². The van der Waals surface area contributed by atoms with Gasteiger partial charge in [-0.1, -0.05) is 24.3 Å². The summed E-state index contributed by atoms with van der Waals surface area (Å²) in [5.74, 6) is 0. The molecule has 0 bridgehead atoms. The summed E-state index contributed by atoms with van der Waals surface area (Å²) in [6, 6.07) is 12.0. The van der Waals surface area contributed by atoms with Crippen LogP contribution in [-0.2, 0) is 0 Å². The van der Waals surface area contributed by atoms with E-state index >= 15 is 0 Å². The largest absolute Gasteiger partial charge is 0.374 e. The summed E-state index contributed by atoms with van der Waals surface area (Å²) in [7, 11) is 4.06. The number of nitrogens with zero attached hydrogens (tertiary/aromatic N) is 1. The Labute approximate surface area is 114 Å². The van der Waals surface area contributed by atoms with E-state index < -0.39 is 0 Å². The fraction of sp³-hybridized carbons (Fsp3) is 0.312. The van der Waals surface area contributed by atoms with E-state index in [0.29, 0.717) is 0 Å². The molecule has 3 nitrogen and oxygen atoms in total. The van der Waals surface area contributed by atoms with Crippen LogP contribution in [0.5, 0.6) is 0 Å². The summed E-state index contributed by atoms with van der Waals surface area (Å²) in [6.45, 7) is 2.00. The summed E-state index contributed by atoms with van der Waals surface area (Å²) in [5, 5.41) is 5.32. The Morgan fingerprint density at radius 2 is 1.89 bits per heavy atom. The summed E-state index contributed by atoms with van der Waals surface area (Å²) in [4.78, 5) is 13.3. The first-order valence-electron chi connectivity index (χ1n) is 6.60. The van der Waals surface area contributed by atoms with E-state index in [1.54, 1.807) is 0 Å². The number of aldehydes is 1. The van der Waals surface area contributed by atoms with Crippen molar-refractivity contribution in [2.45, 2.75) is 6.42 Å². The predicted molar refractivity (Wildman–Crippen MR) is 81.1 cm³/mol. The molecule has 2 aromatic rings. The molecular weight excluding hydrogens is 236 g/mol. The molecule has 19 heavy (non-hydrogen) atoms. The SMILES string of the molecule is CNCCCN(C)c1ccc(C=O)c2ccccc12. The van der Waals surface area contributed by atoms with Crippen molar-refractivity contribution in [1.82, 2.24) is 5.32 Å². The van der Waals surface area contributed by atoms with Gasteiger partial charge >= 0.3 is 0 Å². The smallest absolute Gasteiger partial charge is 0.150 e. The average molecular weight is 256 g/mol. The molecule has 0 atom stereocenters.